The Hall–Kier alpha value is -1.85. The third kappa shape index (κ3) is 13.2. The number of rotatable bonds is 10. The standard InChI is InChI=1S/C23H32O2/c1-2-3-4-5-10-13-16-21(22-19-20-22)17-14-11-8-6-7-9-12-15-18-23(24)25/h21-22H,2-6,12,14-20H2,1H3,(H,24,25). The molecule has 1 fully saturated rings. The van der Waals surface area contributed by atoms with Crippen molar-refractivity contribution >= 4 is 5.97 Å². The molecule has 0 amide bonds. The van der Waals surface area contributed by atoms with E-state index in [0.29, 0.717) is 19.3 Å². The molecule has 1 aliphatic carbocycles. The van der Waals surface area contributed by atoms with Crippen molar-refractivity contribution in [3.05, 3.63) is 0 Å². The van der Waals surface area contributed by atoms with Crippen LogP contribution in [0, 0.1) is 47.4 Å². The van der Waals surface area contributed by atoms with Crippen molar-refractivity contribution in [2.45, 2.75) is 90.4 Å². The molecule has 1 atom stereocenters. The smallest absolute Gasteiger partial charge is 0.303 e. The number of hydrogen-bond acceptors (Lipinski definition) is 1. The van der Waals surface area contributed by atoms with Crippen LogP contribution in [0.3, 0.4) is 0 Å². The van der Waals surface area contributed by atoms with Crippen LogP contribution in [-0.2, 0) is 4.79 Å². The fourth-order valence-corrected chi connectivity index (χ4v) is 2.76. The van der Waals surface area contributed by atoms with Crippen molar-refractivity contribution in [2.75, 3.05) is 0 Å². The van der Waals surface area contributed by atoms with Crippen molar-refractivity contribution in [3.8, 4) is 35.5 Å². The molecule has 0 aromatic heterocycles. The average molecular weight is 341 g/mol. The Balaban J connectivity index is 2.13. The van der Waals surface area contributed by atoms with E-state index >= 15 is 0 Å². The molecule has 0 aromatic carbocycles. The van der Waals surface area contributed by atoms with Crippen LogP contribution in [0.25, 0.3) is 0 Å². The first-order chi connectivity index (χ1) is 12.2. The van der Waals surface area contributed by atoms with E-state index < -0.39 is 5.97 Å². The number of aliphatic carboxylic acids is 1. The predicted molar refractivity (Wildman–Crippen MR) is 104 cm³/mol. The summed E-state index contributed by atoms with van der Waals surface area (Å²) >= 11 is 0. The molecule has 2 nitrogen and oxygen atoms in total. The maximum atomic E-state index is 10.4. The van der Waals surface area contributed by atoms with Gasteiger partial charge in [0.2, 0.25) is 0 Å². The highest BCUT2D eigenvalue weighted by molar-refractivity contribution is 5.66. The Morgan fingerprint density at radius 2 is 1.64 bits per heavy atom. The minimum Gasteiger partial charge on any atom is -0.481 e. The van der Waals surface area contributed by atoms with Crippen molar-refractivity contribution in [1.29, 1.82) is 0 Å². The van der Waals surface area contributed by atoms with Crippen LogP contribution >= 0.6 is 0 Å². The Kier molecular flexibility index (Phi) is 12.3. The van der Waals surface area contributed by atoms with Gasteiger partial charge in [0, 0.05) is 32.1 Å². The molecule has 2 heteroatoms. The maximum Gasteiger partial charge on any atom is 0.303 e. The van der Waals surface area contributed by atoms with Gasteiger partial charge in [0.1, 0.15) is 0 Å². The Bertz CT molecular complexity index is 552. The predicted octanol–water partition coefficient (Wildman–Crippen LogP) is 5.42. The van der Waals surface area contributed by atoms with Gasteiger partial charge in [-0.2, -0.15) is 0 Å². The van der Waals surface area contributed by atoms with Gasteiger partial charge in [-0.05, 0) is 43.9 Å². The quantitative estimate of drug-likeness (QED) is 0.426. The second kappa shape index (κ2) is 14.5. The van der Waals surface area contributed by atoms with E-state index in [0.717, 1.165) is 37.5 Å². The zero-order valence-corrected chi connectivity index (χ0v) is 15.7. The first-order valence-electron chi connectivity index (χ1n) is 9.83. The summed E-state index contributed by atoms with van der Waals surface area (Å²) in [5.41, 5.74) is 0. The molecule has 25 heavy (non-hydrogen) atoms. The molecule has 0 aliphatic heterocycles. The van der Waals surface area contributed by atoms with Crippen LogP contribution in [0.1, 0.15) is 90.4 Å². The maximum absolute atomic E-state index is 10.4. The second-order valence-corrected chi connectivity index (χ2v) is 6.78. The lowest BCUT2D eigenvalue weighted by atomic mass is 9.94. The number of unbranched alkanes of at least 4 members (excludes halogenated alkanes) is 4. The molecule has 0 aromatic rings. The average Bonchev–Trinajstić information content (AvgIpc) is 3.42. The normalized spacial score (nSPS) is 13.5. The minimum absolute atomic E-state index is 0.199. The molecule has 1 rings (SSSR count). The van der Waals surface area contributed by atoms with Crippen molar-refractivity contribution in [1.82, 2.24) is 0 Å². The highest BCUT2D eigenvalue weighted by atomic mass is 16.4. The van der Waals surface area contributed by atoms with Crippen molar-refractivity contribution in [3.63, 3.8) is 0 Å². The van der Waals surface area contributed by atoms with Gasteiger partial charge in [-0.15, -0.1) is 23.7 Å². The molecule has 1 saturated carbocycles. The van der Waals surface area contributed by atoms with Gasteiger partial charge >= 0.3 is 5.97 Å². The number of carboxylic acid groups (broad SMARTS) is 1. The summed E-state index contributed by atoms with van der Waals surface area (Å²) < 4.78 is 0. The van der Waals surface area contributed by atoms with Crippen LogP contribution in [-0.4, -0.2) is 11.1 Å². The molecule has 136 valence electrons. The molecule has 0 radical (unpaired) electrons. The third-order valence-electron chi connectivity index (χ3n) is 4.44. The molecule has 1 unspecified atom stereocenters. The van der Waals surface area contributed by atoms with Gasteiger partial charge in [-0.3, -0.25) is 4.79 Å². The number of carboxylic acids is 1. The molecule has 1 N–H and O–H groups in total. The van der Waals surface area contributed by atoms with Crippen LogP contribution in [0.4, 0.5) is 0 Å². The topological polar surface area (TPSA) is 37.3 Å². The summed E-state index contributed by atoms with van der Waals surface area (Å²) in [4.78, 5) is 10.4. The van der Waals surface area contributed by atoms with E-state index in [1.165, 1.54) is 32.1 Å². The van der Waals surface area contributed by atoms with Crippen molar-refractivity contribution in [2.24, 2.45) is 11.8 Å². The highest BCUT2D eigenvalue weighted by Crippen LogP contribution is 2.40. The molecule has 0 bridgehead atoms. The second-order valence-electron chi connectivity index (χ2n) is 6.78. The zero-order chi connectivity index (χ0) is 18.2. The number of carbonyl (C=O) groups is 1. The van der Waals surface area contributed by atoms with Crippen LogP contribution in [0.15, 0.2) is 0 Å². The van der Waals surface area contributed by atoms with E-state index in [1.54, 1.807) is 0 Å². The summed E-state index contributed by atoms with van der Waals surface area (Å²) in [5.74, 6) is 19.9. The summed E-state index contributed by atoms with van der Waals surface area (Å²) in [6.07, 6.45) is 12.8. The van der Waals surface area contributed by atoms with E-state index in [1.807, 2.05) is 0 Å². The van der Waals surface area contributed by atoms with E-state index in [2.05, 4.69) is 42.4 Å². The van der Waals surface area contributed by atoms with E-state index in [4.69, 9.17) is 5.11 Å². The largest absolute Gasteiger partial charge is 0.481 e. The van der Waals surface area contributed by atoms with Gasteiger partial charge in [0.25, 0.3) is 0 Å². The molecule has 1 aliphatic rings. The Labute approximate surface area is 154 Å². The molecule has 0 spiro atoms. The monoisotopic (exact) mass is 340 g/mol. The molecule has 0 heterocycles. The summed E-state index contributed by atoms with van der Waals surface area (Å²) in [6.45, 7) is 2.22. The highest BCUT2D eigenvalue weighted by Gasteiger charge is 2.29. The third-order valence-corrected chi connectivity index (χ3v) is 4.44. The van der Waals surface area contributed by atoms with Gasteiger partial charge in [0.05, 0.1) is 6.42 Å². The number of hydrogen-bond donors (Lipinski definition) is 1. The molecule has 0 saturated heterocycles. The van der Waals surface area contributed by atoms with E-state index in [-0.39, 0.29) is 6.42 Å². The van der Waals surface area contributed by atoms with Crippen LogP contribution in [0.5, 0.6) is 0 Å². The lowest BCUT2D eigenvalue weighted by Gasteiger charge is -2.10. The summed E-state index contributed by atoms with van der Waals surface area (Å²) in [6, 6.07) is 0. The first-order valence-corrected chi connectivity index (χ1v) is 9.83. The fraction of sp³-hybridized carbons (Fsp3) is 0.696. The SMILES string of the molecule is CCCCCC#CCC(CCC#CCC#CCCCC(=O)O)C1CC1. The lowest BCUT2D eigenvalue weighted by molar-refractivity contribution is -0.137. The summed E-state index contributed by atoms with van der Waals surface area (Å²) in [5, 5.41) is 8.52. The summed E-state index contributed by atoms with van der Waals surface area (Å²) in [7, 11) is 0. The van der Waals surface area contributed by atoms with Crippen molar-refractivity contribution < 1.29 is 9.90 Å². The van der Waals surface area contributed by atoms with Gasteiger partial charge in [-0.1, -0.05) is 31.6 Å². The van der Waals surface area contributed by atoms with E-state index in [9.17, 15) is 4.79 Å². The first kappa shape index (κ1) is 21.2. The minimum atomic E-state index is -0.752. The fourth-order valence-electron chi connectivity index (χ4n) is 2.76. The van der Waals surface area contributed by atoms with Gasteiger partial charge in [-0.25, -0.2) is 0 Å². The van der Waals surface area contributed by atoms with Gasteiger partial charge < -0.3 is 5.11 Å². The van der Waals surface area contributed by atoms with Gasteiger partial charge in [0.15, 0.2) is 0 Å². The Morgan fingerprint density at radius 1 is 0.960 bits per heavy atom. The lowest BCUT2D eigenvalue weighted by Crippen LogP contribution is -2.01. The molecular weight excluding hydrogens is 308 g/mol. The zero-order valence-electron chi connectivity index (χ0n) is 15.7. The van der Waals surface area contributed by atoms with Crippen LogP contribution < -0.4 is 0 Å². The Morgan fingerprint density at radius 3 is 2.32 bits per heavy atom. The molecular formula is C23H32O2. The van der Waals surface area contributed by atoms with Crippen LogP contribution in [0.2, 0.25) is 0 Å².